The van der Waals surface area contributed by atoms with Gasteiger partial charge in [-0.05, 0) is 35.9 Å². The number of nitrogens with two attached hydrogens (primary N) is 1. The van der Waals surface area contributed by atoms with Crippen molar-refractivity contribution in [2.75, 3.05) is 13.1 Å². The van der Waals surface area contributed by atoms with Gasteiger partial charge >= 0.3 is 6.18 Å². The zero-order valence-corrected chi connectivity index (χ0v) is 18.9. The van der Waals surface area contributed by atoms with E-state index in [0.717, 1.165) is 25.1 Å². The van der Waals surface area contributed by atoms with Gasteiger partial charge in [0.2, 0.25) is 0 Å². The Labute approximate surface area is 201 Å². The molecule has 1 unspecified atom stereocenters. The molecule has 0 radical (unpaired) electrons. The highest BCUT2D eigenvalue weighted by molar-refractivity contribution is 6.42. The molecule has 7 nitrogen and oxygen atoms in total. The third-order valence-electron chi connectivity index (χ3n) is 4.85. The number of quaternary nitrogens is 1. The largest absolute Gasteiger partial charge is 0.542 e. The van der Waals surface area contributed by atoms with Gasteiger partial charge in [-0.15, -0.1) is 5.10 Å². The molecular formula is C21H18Cl2F4N4O3. The SMILES string of the molecule is Fc1ccc(OCc2ccc(Cl)c(Cl)c2)c(-c2cn(C3CC[NH2+]C3)nn2)c1.O=C([O-])C(F)(F)F. The molecule has 182 valence electrons. The number of carboxylic acids is 1. The number of nitrogens with zero attached hydrogens (tertiary/aromatic N) is 3. The summed E-state index contributed by atoms with van der Waals surface area (Å²) in [5.74, 6) is -2.82. The van der Waals surface area contributed by atoms with Gasteiger partial charge < -0.3 is 20.0 Å². The monoisotopic (exact) mass is 520 g/mol. The van der Waals surface area contributed by atoms with E-state index in [4.69, 9.17) is 37.8 Å². The van der Waals surface area contributed by atoms with E-state index < -0.39 is 12.1 Å². The molecular weight excluding hydrogens is 503 g/mol. The van der Waals surface area contributed by atoms with E-state index in [-0.39, 0.29) is 12.4 Å². The van der Waals surface area contributed by atoms with Crippen LogP contribution in [0, 0.1) is 5.82 Å². The van der Waals surface area contributed by atoms with Gasteiger partial charge in [-0.1, -0.05) is 34.5 Å². The summed E-state index contributed by atoms with van der Waals surface area (Å²) in [6.07, 6.45) is -2.29. The first kappa shape index (κ1) is 25.7. The van der Waals surface area contributed by atoms with E-state index >= 15 is 0 Å². The van der Waals surface area contributed by atoms with Crippen molar-refractivity contribution in [3.05, 3.63) is 64.0 Å². The van der Waals surface area contributed by atoms with E-state index in [0.29, 0.717) is 33.1 Å². The molecule has 13 heteroatoms. The summed E-state index contributed by atoms with van der Waals surface area (Å²) in [7, 11) is 0. The number of alkyl halides is 3. The van der Waals surface area contributed by atoms with E-state index in [1.165, 1.54) is 12.1 Å². The van der Waals surface area contributed by atoms with Crippen molar-refractivity contribution < 1.29 is 37.5 Å². The summed E-state index contributed by atoms with van der Waals surface area (Å²) in [5.41, 5.74) is 2.03. The lowest BCUT2D eigenvalue weighted by atomic mass is 10.1. The van der Waals surface area contributed by atoms with Crippen molar-refractivity contribution in [1.29, 1.82) is 0 Å². The third-order valence-corrected chi connectivity index (χ3v) is 5.59. The first-order chi connectivity index (χ1) is 16.0. The van der Waals surface area contributed by atoms with Gasteiger partial charge in [0.05, 0.1) is 29.3 Å². The quantitative estimate of drug-likeness (QED) is 0.522. The zero-order chi connectivity index (χ0) is 24.9. The van der Waals surface area contributed by atoms with Gasteiger partial charge in [0.15, 0.2) is 0 Å². The van der Waals surface area contributed by atoms with Crippen molar-refractivity contribution in [2.45, 2.75) is 25.2 Å². The highest BCUT2D eigenvalue weighted by Gasteiger charge is 2.28. The molecule has 34 heavy (non-hydrogen) atoms. The van der Waals surface area contributed by atoms with E-state index in [9.17, 15) is 17.6 Å². The van der Waals surface area contributed by atoms with E-state index in [1.807, 2.05) is 16.9 Å². The minimum absolute atomic E-state index is 0.279. The van der Waals surface area contributed by atoms with Crippen molar-refractivity contribution in [2.24, 2.45) is 0 Å². The Bertz CT molecular complexity index is 1150. The molecule has 2 N–H and O–H groups in total. The number of carbonyl (C=O) groups excluding carboxylic acids is 1. The molecule has 4 rings (SSSR count). The molecule has 1 fully saturated rings. The van der Waals surface area contributed by atoms with Crippen LogP contribution in [0.3, 0.4) is 0 Å². The minimum Gasteiger partial charge on any atom is -0.542 e. The fourth-order valence-electron chi connectivity index (χ4n) is 3.18. The highest BCUT2D eigenvalue weighted by Crippen LogP contribution is 2.31. The van der Waals surface area contributed by atoms with Crippen LogP contribution in [0.5, 0.6) is 5.75 Å². The Hall–Kier alpha value is -2.89. The number of halogens is 6. The molecule has 1 aromatic heterocycles. The number of carboxylic acid groups (broad SMARTS) is 1. The average Bonchev–Trinajstić information content (AvgIpc) is 3.47. The summed E-state index contributed by atoms with van der Waals surface area (Å²) in [5, 5.41) is 20.4. The molecule has 1 atom stereocenters. The molecule has 1 aliphatic heterocycles. The molecule has 0 bridgehead atoms. The fraction of sp³-hybridized carbons (Fsp3) is 0.286. The molecule has 2 aromatic carbocycles. The maximum absolute atomic E-state index is 13.9. The predicted molar refractivity (Wildman–Crippen MR) is 113 cm³/mol. The Morgan fingerprint density at radius 1 is 1.21 bits per heavy atom. The van der Waals surface area contributed by atoms with E-state index in [2.05, 4.69) is 15.6 Å². The molecule has 2 heterocycles. The van der Waals surface area contributed by atoms with Crippen LogP contribution in [0.4, 0.5) is 17.6 Å². The maximum atomic E-state index is 13.9. The van der Waals surface area contributed by atoms with Crippen molar-refractivity contribution in [1.82, 2.24) is 15.0 Å². The lowest BCUT2D eigenvalue weighted by Crippen LogP contribution is -2.81. The van der Waals surface area contributed by atoms with Crippen LogP contribution < -0.4 is 15.2 Å². The molecule has 1 aliphatic rings. The standard InChI is InChI=1S/C19H17Cl2FN4O.C2HF3O2/c20-16-3-1-12(7-17(16)21)11-27-19-4-2-13(22)8-15(19)18-10-26(25-24-18)14-5-6-23-9-14;3-2(4,5)1(6)7/h1-4,7-8,10,14,23H,5-6,9,11H2;(H,6,7). The van der Waals surface area contributed by atoms with Crippen LogP contribution in [0.25, 0.3) is 11.3 Å². The average molecular weight is 521 g/mol. The second-order valence-corrected chi connectivity index (χ2v) is 8.12. The summed E-state index contributed by atoms with van der Waals surface area (Å²) >= 11 is 12.0. The zero-order valence-electron chi connectivity index (χ0n) is 17.4. The van der Waals surface area contributed by atoms with Crippen molar-refractivity contribution >= 4 is 29.2 Å². The van der Waals surface area contributed by atoms with Gasteiger partial charge in [-0.25, -0.2) is 9.07 Å². The minimum atomic E-state index is -5.19. The second-order valence-electron chi connectivity index (χ2n) is 7.30. The molecule has 0 spiro atoms. The molecule has 0 aliphatic carbocycles. The number of aliphatic carboxylic acids is 1. The summed E-state index contributed by atoms with van der Waals surface area (Å²) in [4.78, 5) is 8.78. The van der Waals surface area contributed by atoms with Crippen molar-refractivity contribution in [3.63, 3.8) is 0 Å². The normalized spacial score (nSPS) is 15.5. The number of ether oxygens (including phenoxy) is 1. The molecule has 0 amide bonds. The number of hydrogen-bond donors (Lipinski definition) is 1. The van der Waals surface area contributed by atoms with Gasteiger partial charge in [0, 0.05) is 12.0 Å². The Balaban J connectivity index is 0.000000406. The smallest absolute Gasteiger partial charge is 0.430 e. The third kappa shape index (κ3) is 6.81. The number of aromatic nitrogens is 3. The fourth-order valence-corrected chi connectivity index (χ4v) is 3.50. The van der Waals surface area contributed by atoms with Crippen LogP contribution >= 0.6 is 23.2 Å². The summed E-state index contributed by atoms with van der Waals surface area (Å²) in [6.45, 7) is 2.34. The van der Waals surface area contributed by atoms with Crippen molar-refractivity contribution in [3.8, 4) is 17.0 Å². The lowest BCUT2D eigenvalue weighted by molar-refractivity contribution is -0.637. The number of benzene rings is 2. The van der Waals surface area contributed by atoms with Crippen LogP contribution in [-0.4, -0.2) is 40.2 Å². The lowest BCUT2D eigenvalue weighted by Gasteiger charge is -2.11. The van der Waals surface area contributed by atoms with Gasteiger partial charge in [-0.2, -0.15) is 13.2 Å². The topological polar surface area (TPSA) is 96.7 Å². The van der Waals surface area contributed by atoms with Gasteiger partial charge in [0.1, 0.15) is 35.9 Å². The summed E-state index contributed by atoms with van der Waals surface area (Å²) in [6, 6.07) is 10.0. The number of hydrogen-bond acceptors (Lipinski definition) is 5. The van der Waals surface area contributed by atoms with E-state index in [1.54, 1.807) is 18.2 Å². The Morgan fingerprint density at radius 2 is 1.94 bits per heavy atom. The highest BCUT2D eigenvalue weighted by atomic mass is 35.5. The number of rotatable bonds is 5. The van der Waals surface area contributed by atoms with Gasteiger partial charge in [-0.3, -0.25) is 0 Å². The number of carbonyl (C=O) groups is 1. The first-order valence-corrected chi connectivity index (χ1v) is 10.7. The first-order valence-electron chi connectivity index (χ1n) is 9.93. The molecule has 0 saturated carbocycles. The molecule has 3 aromatic rings. The van der Waals surface area contributed by atoms with Crippen LogP contribution in [0.1, 0.15) is 18.0 Å². The molecule has 1 saturated heterocycles. The maximum Gasteiger partial charge on any atom is 0.430 e. The van der Waals surface area contributed by atoms with Crippen LogP contribution in [0.15, 0.2) is 42.6 Å². The Morgan fingerprint density at radius 3 is 2.56 bits per heavy atom. The Kier molecular flexibility index (Phi) is 8.34. The predicted octanol–water partition coefficient (Wildman–Crippen LogP) is 2.78. The van der Waals surface area contributed by atoms with Crippen LogP contribution in [-0.2, 0) is 11.4 Å². The van der Waals surface area contributed by atoms with Crippen LogP contribution in [0.2, 0.25) is 10.0 Å². The summed E-state index contributed by atoms with van der Waals surface area (Å²) < 4.78 is 53.2. The van der Waals surface area contributed by atoms with Gasteiger partial charge in [0.25, 0.3) is 0 Å². The second kappa shape index (κ2) is 11.0.